The molecule has 5 aromatic rings. The zero-order chi connectivity index (χ0) is 24.5. The Kier molecular flexibility index (Phi) is 5.30. The van der Waals surface area contributed by atoms with E-state index in [-0.39, 0.29) is 23.2 Å². The van der Waals surface area contributed by atoms with E-state index in [1.54, 1.807) is 31.5 Å². The van der Waals surface area contributed by atoms with Gasteiger partial charge in [-0.15, -0.1) is 15.3 Å². The van der Waals surface area contributed by atoms with E-state index in [1.165, 1.54) is 16.2 Å². The predicted molar refractivity (Wildman–Crippen MR) is 125 cm³/mol. The molecule has 1 aromatic carbocycles. The lowest BCUT2D eigenvalue weighted by Gasteiger charge is -2.06. The number of nitrogens with zero attached hydrogens (tertiary/aromatic N) is 10. The van der Waals surface area contributed by atoms with Gasteiger partial charge in [-0.1, -0.05) is 12.1 Å². The lowest BCUT2D eigenvalue weighted by molar-refractivity contribution is -0.114. The number of aromatic amines is 1. The molecule has 0 saturated heterocycles. The van der Waals surface area contributed by atoms with Gasteiger partial charge < -0.3 is 5.32 Å². The Balaban J connectivity index is 1.59. The van der Waals surface area contributed by atoms with Crippen LogP contribution in [0, 0.1) is 25.2 Å². The molecular weight excluding hydrogens is 448 g/mol. The Hall–Kier alpha value is -5.25. The van der Waals surface area contributed by atoms with Crippen molar-refractivity contribution in [1.29, 1.82) is 5.26 Å². The highest BCUT2D eigenvalue weighted by Gasteiger charge is 2.20. The quantitative estimate of drug-likeness (QED) is 0.373. The highest BCUT2D eigenvalue weighted by Crippen LogP contribution is 2.32. The first-order valence-corrected chi connectivity index (χ1v) is 10.5. The highest BCUT2D eigenvalue weighted by atomic mass is 16.1. The second kappa shape index (κ2) is 8.60. The van der Waals surface area contributed by atoms with Crippen LogP contribution in [0.15, 0.2) is 53.0 Å². The number of azo groups is 1. The number of nitriles is 1. The minimum absolute atomic E-state index is 0.199. The van der Waals surface area contributed by atoms with Gasteiger partial charge in [-0.2, -0.15) is 19.7 Å². The van der Waals surface area contributed by atoms with Crippen LogP contribution in [0.1, 0.15) is 23.9 Å². The van der Waals surface area contributed by atoms with Gasteiger partial charge in [-0.3, -0.25) is 9.89 Å². The molecule has 0 fully saturated rings. The molecule has 0 radical (unpaired) electrons. The summed E-state index contributed by atoms with van der Waals surface area (Å²) >= 11 is 0. The van der Waals surface area contributed by atoms with Gasteiger partial charge in [0.1, 0.15) is 11.6 Å². The minimum atomic E-state index is -0.199. The number of fused-ring (bicyclic) bond motifs is 1. The van der Waals surface area contributed by atoms with Crippen molar-refractivity contribution < 1.29 is 4.79 Å². The van der Waals surface area contributed by atoms with E-state index >= 15 is 0 Å². The second-order valence-corrected chi connectivity index (χ2v) is 7.54. The first-order chi connectivity index (χ1) is 17.0. The molecule has 0 aliphatic carbocycles. The van der Waals surface area contributed by atoms with Gasteiger partial charge >= 0.3 is 0 Å². The molecule has 0 aliphatic rings. The summed E-state index contributed by atoms with van der Waals surface area (Å²) in [6.07, 6.45) is 3.14. The molecule has 13 heteroatoms. The van der Waals surface area contributed by atoms with Crippen LogP contribution in [0.2, 0.25) is 0 Å². The lowest BCUT2D eigenvalue weighted by Crippen LogP contribution is -2.07. The number of H-pyrrole nitrogens is 1. The topological polar surface area (TPSA) is 167 Å². The Bertz CT molecular complexity index is 1630. The number of benzene rings is 1. The van der Waals surface area contributed by atoms with E-state index in [1.807, 2.05) is 25.1 Å². The summed E-state index contributed by atoms with van der Waals surface area (Å²) in [4.78, 5) is 24.6. The molecule has 5 rings (SSSR count). The molecule has 172 valence electrons. The summed E-state index contributed by atoms with van der Waals surface area (Å²) in [5, 5.41) is 33.1. The number of carbonyl (C=O) groups is 1. The third kappa shape index (κ3) is 3.89. The number of anilines is 1. The van der Waals surface area contributed by atoms with Crippen LogP contribution in [-0.2, 0) is 4.79 Å². The SMILES string of the molecule is CC(=O)Nc1ccccc1-c1nc2c(N=Nc3c(C#N)c(C)nn3-c3ncccn3)c(C)[nH]n2n1. The van der Waals surface area contributed by atoms with Crippen molar-refractivity contribution in [2.75, 3.05) is 5.32 Å². The fourth-order valence-corrected chi connectivity index (χ4v) is 3.51. The molecule has 0 aliphatic heterocycles. The average Bonchev–Trinajstić information content (AvgIpc) is 3.48. The molecule has 0 bridgehead atoms. The average molecular weight is 466 g/mol. The summed E-state index contributed by atoms with van der Waals surface area (Å²) in [7, 11) is 0. The van der Waals surface area contributed by atoms with Gasteiger partial charge in [0.05, 0.1) is 17.1 Å². The number of amides is 1. The first kappa shape index (κ1) is 21.6. The summed E-state index contributed by atoms with van der Waals surface area (Å²) in [6, 6.07) is 11.0. The molecule has 4 heterocycles. The Morgan fingerprint density at radius 1 is 1.11 bits per heavy atom. The van der Waals surface area contributed by atoms with Gasteiger partial charge in [-0.25, -0.2) is 15.0 Å². The zero-order valence-electron chi connectivity index (χ0n) is 18.9. The predicted octanol–water partition coefficient (Wildman–Crippen LogP) is 3.56. The highest BCUT2D eigenvalue weighted by molar-refractivity contribution is 5.93. The first-order valence-electron chi connectivity index (χ1n) is 10.5. The summed E-state index contributed by atoms with van der Waals surface area (Å²) in [5.74, 6) is 0.663. The number of nitrogens with one attached hydrogen (secondary N) is 2. The van der Waals surface area contributed by atoms with Crippen molar-refractivity contribution in [3.8, 4) is 23.4 Å². The van der Waals surface area contributed by atoms with Crippen molar-refractivity contribution in [2.24, 2.45) is 10.2 Å². The van der Waals surface area contributed by atoms with Crippen LogP contribution in [-0.4, -0.2) is 45.5 Å². The van der Waals surface area contributed by atoms with E-state index in [0.29, 0.717) is 39.8 Å². The number of aromatic nitrogens is 8. The van der Waals surface area contributed by atoms with Crippen LogP contribution in [0.4, 0.5) is 17.2 Å². The molecule has 13 nitrogen and oxygen atoms in total. The Labute approximate surface area is 198 Å². The molecule has 1 amide bonds. The van der Waals surface area contributed by atoms with Gasteiger partial charge in [0, 0.05) is 24.9 Å². The maximum atomic E-state index is 11.6. The van der Waals surface area contributed by atoms with Crippen molar-refractivity contribution >= 4 is 28.7 Å². The van der Waals surface area contributed by atoms with E-state index in [9.17, 15) is 10.1 Å². The van der Waals surface area contributed by atoms with Crippen LogP contribution in [0.25, 0.3) is 23.0 Å². The van der Waals surface area contributed by atoms with Gasteiger partial charge in [0.2, 0.25) is 11.6 Å². The number of hydrogen-bond donors (Lipinski definition) is 2. The summed E-state index contributed by atoms with van der Waals surface area (Å²) in [6.45, 7) is 4.95. The third-order valence-electron chi connectivity index (χ3n) is 5.06. The van der Waals surface area contributed by atoms with Gasteiger partial charge in [0.15, 0.2) is 17.3 Å². The molecule has 0 saturated carbocycles. The van der Waals surface area contributed by atoms with E-state index in [2.05, 4.69) is 51.9 Å². The fraction of sp³-hybridized carbons (Fsp3) is 0.136. The molecule has 2 N–H and O–H groups in total. The molecule has 4 aromatic heterocycles. The van der Waals surface area contributed by atoms with Crippen LogP contribution in [0.5, 0.6) is 0 Å². The molecule has 0 unspecified atom stereocenters. The van der Waals surface area contributed by atoms with E-state index in [4.69, 9.17) is 0 Å². The molecule has 35 heavy (non-hydrogen) atoms. The van der Waals surface area contributed by atoms with Crippen molar-refractivity contribution in [3.63, 3.8) is 0 Å². The summed E-state index contributed by atoms with van der Waals surface area (Å²) in [5.41, 5.74) is 3.51. The zero-order valence-corrected chi connectivity index (χ0v) is 18.9. The second-order valence-electron chi connectivity index (χ2n) is 7.54. The smallest absolute Gasteiger partial charge is 0.252 e. The lowest BCUT2D eigenvalue weighted by atomic mass is 10.1. The largest absolute Gasteiger partial charge is 0.326 e. The van der Waals surface area contributed by atoms with E-state index < -0.39 is 0 Å². The van der Waals surface area contributed by atoms with Crippen molar-refractivity contribution in [2.45, 2.75) is 20.8 Å². The summed E-state index contributed by atoms with van der Waals surface area (Å²) < 4.78 is 2.85. The minimum Gasteiger partial charge on any atom is -0.326 e. The molecule has 0 spiro atoms. The standard InChI is InChI=1S/C22H18N12O/c1-12-16(11-23)20(33(30-12)22-24-9-6-10-25-22)29-28-18-13(2)31-34-21(18)27-19(32-34)15-7-4-5-8-17(15)26-14(3)35/h4-10,31H,1-3H3,(H,26,35). The Morgan fingerprint density at radius 2 is 1.89 bits per heavy atom. The van der Waals surface area contributed by atoms with Crippen molar-refractivity contribution in [3.05, 3.63) is 59.7 Å². The Morgan fingerprint density at radius 3 is 2.63 bits per heavy atom. The normalized spacial score (nSPS) is 11.3. The fourth-order valence-electron chi connectivity index (χ4n) is 3.51. The number of carbonyl (C=O) groups excluding carboxylic acids is 1. The molecule has 0 atom stereocenters. The van der Waals surface area contributed by atoms with Crippen LogP contribution in [0.3, 0.4) is 0 Å². The van der Waals surface area contributed by atoms with Crippen LogP contribution < -0.4 is 5.32 Å². The maximum Gasteiger partial charge on any atom is 0.252 e. The number of aryl methyl sites for hydroxylation is 2. The number of para-hydroxylation sites is 1. The number of hydrogen-bond acceptors (Lipinski definition) is 9. The van der Waals surface area contributed by atoms with Crippen molar-refractivity contribution in [1.82, 2.24) is 39.6 Å². The van der Waals surface area contributed by atoms with Gasteiger partial charge in [-0.05, 0) is 32.0 Å². The monoisotopic (exact) mass is 466 g/mol. The third-order valence-corrected chi connectivity index (χ3v) is 5.06. The van der Waals surface area contributed by atoms with Crippen LogP contribution >= 0.6 is 0 Å². The van der Waals surface area contributed by atoms with Gasteiger partial charge in [0.25, 0.3) is 5.95 Å². The number of rotatable bonds is 5. The van der Waals surface area contributed by atoms with E-state index in [0.717, 1.165) is 0 Å². The molecular formula is C22H18N12O. The maximum absolute atomic E-state index is 11.6.